The third-order valence-electron chi connectivity index (χ3n) is 4.93. The molecular formula is C25H19NS. The number of anilines is 3. The van der Waals surface area contributed by atoms with Crippen molar-refractivity contribution in [3.63, 3.8) is 0 Å². The zero-order valence-electron chi connectivity index (χ0n) is 15.1. The van der Waals surface area contributed by atoms with Crippen molar-refractivity contribution in [2.75, 3.05) is 4.90 Å². The fourth-order valence-electron chi connectivity index (χ4n) is 3.61. The molecule has 0 amide bonds. The Morgan fingerprint density at radius 3 is 2.07 bits per heavy atom. The summed E-state index contributed by atoms with van der Waals surface area (Å²) in [6.07, 6.45) is 0. The maximum absolute atomic E-state index is 2.36. The smallest absolute Gasteiger partial charge is 0.0640 e. The number of benzene rings is 4. The summed E-state index contributed by atoms with van der Waals surface area (Å²) in [5, 5.41) is 2.65. The molecule has 0 aliphatic rings. The first-order valence-corrected chi connectivity index (χ1v) is 9.95. The Bertz CT molecular complexity index is 1220. The molecule has 1 nitrogen and oxygen atoms in total. The number of para-hydroxylation sites is 1. The molecule has 130 valence electrons. The SMILES string of the molecule is Cc1ccc(N(c2ccccc2)c2cccc3c2sc2ccccc23)cc1. The minimum atomic E-state index is 1.17. The fraction of sp³-hybridized carbons (Fsp3) is 0.0400. The van der Waals surface area contributed by atoms with Crippen molar-refractivity contribution in [1.29, 1.82) is 0 Å². The minimum Gasteiger partial charge on any atom is -0.309 e. The van der Waals surface area contributed by atoms with Gasteiger partial charge in [-0.25, -0.2) is 0 Å². The van der Waals surface area contributed by atoms with Crippen molar-refractivity contribution in [2.24, 2.45) is 0 Å². The van der Waals surface area contributed by atoms with Crippen molar-refractivity contribution in [3.05, 3.63) is 103 Å². The molecule has 0 fully saturated rings. The Balaban J connectivity index is 1.80. The summed E-state index contributed by atoms with van der Waals surface area (Å²) in [4.78, 5) is 2.36. The molecule has 0 atom stereocenters. The monoisotopic (exact) mass is 365 g/mol. The van der Waals surface area contributed by atoms with Crippen LogP contribution in [-0.2, 0) is 0 Å². The predicted octanol–water partition coefficient (Wildman–Crippen LogP) is 7.83. The highest BCUT2D eigenvalue weighted by molar-refractivity contribution is 7.26. The maximum atomic E-state index is 2.36. The standard InChI is InChI=1S/C25H19NS/c1-18-14-16-20(17-15-18)26(19-8-3-2-4-9-19)23-12-7-11-22-21-10-5-6-13-24(21)27-25(22)23/h2-17H,1H3. The summed E-state index contributed by atoms with van der Waals surface area (Å²) in [5.41, 5.74) is 4.85. The molecule has 5 aromatic rings. The molecule has 0 unspecified atom stereocenters. The van der Waals surface area contributed by atoms with Gasteiger partial charge in [-0.3, -0.25) is 0 Å². The molecule has 0 N–H and O–H groups in total. The zero-order chi connectivity index (χ0) is 18.2. The van der Waals surface area contributed by atoms with E-state index in [1.54, 1.807) is 0 Å². The molecule has 0 aliphatic carbocycles. The summed E-state index contributed by atoms with van der Waals surface area (Å²) >= 11 is 1.87. The van der Waals surface area contributed by atoms with E-state index in [4.69, 9.17) is 0 Å². The molecule has 0 saturated carbocycles. The van der Waals surface area contributed by atoms with Crippen LogP contribution in [-0.4, -0.2) is 0 Å². The van der Waals surface area contributed by atoms with Gasteiger partial charge in [0, 0.05) is 26.8 Å². The van der Waals surface area contributed by atoms with Crippen molar-refractivity contribution >= 4 is 48.6 Å². The Kier molecular flexibility index (Phi) is 3.92. The molecule has 5 rings (SSSR count). The van der Waals surface area contributed by atoms with Crippen molar-refractivity contribution in [2.45, 2.75) is 6.92 Å². The second kappa shape index (κ2) is 6.57. The molecule has 2 heteroatoms. The van der Waals surface area contributed by atoms with Crippen molar-refractivity contribution in [3.8, 4) is 0 Å². The summed E-state index contributed by atoms with van der Waals surface area (Å²) in [6.45, 7) is 2.13. The van der Waals surface area contributed by atoms with E-state index in [0.29, 0.717) is 0 Å². The van der Waals surface area contributed by atoms with Crippen LogP contribution in [0.4, 0.5) is 17.1 Å². The molecule has 27 heavy (non-hydrogen) atoms. The van der Waals surface area contributed by atoms with E-state index in [1.165, 1.54) is 42.8 Å². The number of rotatable bonds is 3. The maximum Gasteiger partial charge on any atom is 0.0640 e. The molecule has 0 aliphatic heterocycles. The highest BCUT2D eigenvalue weighted by atomic mass is 32.1. The lowest BCUT2D eigenvalue weighted by atomic mass is 10.1. The molecule has 1 aromatic heterocycles. The van der Waals surface area contributed by atoms with Crippen LogP contribution in [0.1, 0.15) is 5.56 Å². The molecule has 0 saturated heterocycles. The van der Waals surface area contributed by atoms with Gasteiger partial charge >= 0.3 is 0 Å². The van der Waals surface area contributed by atoms with Crippen molar-refractivity contribution < 1.29 is 0 Å². The van der Waals surface area contributed by atoms with Crippen LogP contribution in [0.2, 0.25) is 0 Å². The number of hydrogen-bond donors (Lipinski definition) is 0. The van der Waals surface area contributed by atoms with E-state index in [-0.39, 0.29) is 0 Å². The summed E-state index contributed by atoms with van der Waals surface area (Å²) in [6, 6.07) is 34.7. The third kappa shape index (κ3) is 2.79. The van der Waals surface area contributed by atoms with Crippen LogP contribution in [0.3, 0.4) is 0 Å². The molecule has 4 aromatic carbocycles. The first kappa shape index (κ1) is 16.1. The zero-order valence-corrected chi connectivity index (χ0v) is 15.9. The lowest BCUT2D eigenvalue weighted by Gasteiger charge is -2.26. The lowest BCUT2D eigenvalue weighted by molar-refractivity contribution is 1.29. The van der Waals surface area contributed by atoms with Gasteiger partial charge in [0.15, 0.2) is 0 Å². The highest BCUT2D eigenvalue weighted by Crippen LogP contribution is 2.44. The van der Waals surface area contributed by atoms with Crippen LogP contribution >= 0.6 is 11.3 Å². The number of thiophene rings is 1. The number of nitrogens with zero attached hydrogens (tertiary/aromatic N) is 1. The van der Waals surface area contributed by atoms with Gasteiger partial charge in [-0.1, -0.05) is 66.2 Å². The van der Waals surface area contributed by atoms with Crippen molar-refractivity contribution in [1.82, 2.24) is 0 Å². The van der Waals surface area contributed by atoms with E-state index in [0.717, 1.165) is 0 Å². The normalized spacial score (nSPS) is 11.1. The van der Waals surface area contributed by atoms with Gasteiger partial charge in [-0.2, -0.15) is 0 Å². The van der Waals surface area contributed by atoms with Gasteiger partial charge in [-0.05, 0) is 43.3 Å². The number of fused-ring (bicyclic) bond motifs is 3. The third-order valence-corrected chi connectivity index (χ3v) is 6.14. The topological polar surface area (TPSA) is 3.24 Å². The fourth-order valence-corrected chi connectivity index (χ4v) is 4.81. The second-order valence-electron chi connectivity index (χ2n) is 6.76. The Morgan fingerprint density at radius 1 is 0.593 bits per heavy atom. The first-order valence-electron chi connectivity index (χ1n) is 9.13. The average molecular weight is 366 g/mol. The molecule has 0 radical (unpaired) electrons. The highest BCUT2D eigenvalue weighted by Gasteiger charge is 2.17. The quantitative estimate of drug-likeness (QED) is 0.315. The van der Waals surface area contributed by atoms with E-state index in [2.05, 4.69) is 109 Å². The Labute approximate surface area is 163 Å². The predicted molar refractivity (Wildman–Crippen MR) is 119 cm³/mol. The largest absolute Gasteiger partial charge is 0.309 e. The molecule has 0 bridgehead atoms. The molecule has 1 heterocycles. The lowest BCUT2D eigenvalue weighted by Crippen LogP contribution is -2.09. The average Bonchev–Trinajstić information content (AvgIpc) is 3.10. The van der Waals surface area contributed by atoms with Gasteiger partial charge in [0.2, 0.25) is 0 Å². The van der Waals surface area contributed by atoms with Crippen LogP contribution in [0.5, 0.6) is 0 Å². The van der Waals surface area contributed by atoms with Gasteiger partial charge in [0.1, 0.15) is 0 Å². The molecular weight excluding hydrogens is 346 g/mol. The van der Waals surface area contributed by atoms with Crippen LogP contribution in [0, 0.1) is 6.92 Å². The summed E-state index contributed by atoms with van der Waals surface area (Å²) in [5.74, 6) is 0. The number of aryl methyl sites for hydroxylation is 1. The van der Waals surface area contributed by atoms with E-state index >= 15 is 0 Å². The van der Waals surface area contributed by atoms with Crippen LogP contribution < -0.4 is 4.90 Å². The minimum absolute atomic E-state index is 1.17. The first-order chi connectivity index (χ1) is 13.3. The Hall–Kier alpha value is -3.10. The van der Waals surface area contributed by atoms with Crippen LogP contribution in [0.25, 0.3) is 20.2 Å². The van der Waals surface area contributed by atoms with Gasteiger partial charge in [0.05, 0.1) is 10.4 Å². The van der Waals surface area contributed by atoms with Crippen LogP contribution in [0.15, 0.2) is 97.1 Å². The summed E-state index contributed by atoms with van der Waals surface area (Å²) in [7, 11) is 0. The van der Waals surface area contributed by atoms with E-state index < -0.39 is 0 Å². The Morgan fingerprint density at radius 2 is 1.26 bits per heavy atom. The van der Waals surface area contributed by atoms with Gasteiger partial charge in [0.25, 0.3) is 0 Å². The molecule has 0 spiro atoms. The second-order valence-corrected chi connectivity index (χ2v) is 7.81. The van der Waals surface area contributed by atoms with Gasteiger partial charge in [-0.15, -0.1) is 11.3 Å². The van der Waals surface area contributed by atoms with E-state index in [1.807, 2.05) is 11.3 Å². The number of hydrogen-bond acceptors (Lipinski definition) is 2. The van der Waals surface area contributed by atoms with E-state index in [9.17, 15) is 0 Å². The van der Waals surface area contributed by atoms with Gasteiger partial charge < -0.3 is 4.90 Å². The summed E-state index contributed by atoms with van der Waals surface area (Å²) < 4.78 is 2.65.